The fraction of sp³-hybridized carbons (Fsp3) is 0.548. The summed E-state index contributed by atoms with van der Waals surface area (Å²) < 4.78 is 13.8. The van der Waals surface area contributed by atoms with E-state index in [4.69, 9.17) is 9.47 Å². The highest BCUT2D eigenvalue weighted by Crippen LogP contribution is 2.59. The average Bonchev–Trinajstić information content (AvgIpc) is 3.77. The number of aliphatic hydroxyl groups excluding tert-OH is 1. The maximum absolute atomic E-state index is 14.5. The number of allylic oxidation sites excluding steroid dienone is 1. The van der Waals surface area contributed by atoms with Crippen LogP contribution in [0.3, 0.4) is 0 Å². The first kappa shape index (κ1) is 31.3. The van der Waals surface area contributed by atoms with Gasteiger partial charge in [0.15, 0.2) is 0 Å². The number of esters is 1. The molecule has 3 aliphatic heterocycles. The fourth-order valence-electron chi connectivity index (χ4n) is 6.83. The maximum atomic E-state index is 14.5. The van der Waals surface area contributed by atoms with E-state index >= 15 is 0 Å². The number of nitrogens with one attached hydrogen (secondary N) is 1. The molecule has 7 atom stereocenters. The number of aliphatic hydroxyl groups is 1. The van der Waals surface area contributed by atoms with E-state index in [-0.39, 0.29) is 38.7 Å². The highest BCUT2D eigenvalue weighted by atomic mass is 16.6. The Kier molecular flexibility index (Phi) is 9.16. The molecule has 0 unspecified atom stereocenters. The summed E-state index contributed by atoms with van der Waals surface area (Å²) in [5, 5.41) is 21.3. The third-order valence-electron chi connectivity index (χ3n) is 8.85. The van der Waals surface area contributed by atoms with Crippen LogP contribution in [0.15, 0.2) is 49.6 Å². The zero-order chi connectivity index (χ0) is 31.6. The van der Waals surface area contributed by atoms with Crippen LogP contribution >= 0.6 is 0 Å². The predicted octanol–water partition coefficient (Wildman–Crippen LogP) is 1.17. The Morgan fingerprint density at radius 1 is 1.27 bits per heavy atom. The van der Waals surface area contributed by atoms with E-state index < -0.39 is 59.5 Å². The van der Waals surface area contributed by atoms with Crippen LogP contribution in [-0.2, 0) is 35.3 Å². The van der Waals surface area contributed by atoms with Gasteiger partial charge in [0.05, 0.1) is 42.6 Å². The molecule has 236 valence electrons. The molecule has 2 aromatic rings. The lowest BCUT2D eigenvalue weighted by Crippen LogP contribution is -2.58. The number of ether oxygens (including phenoxy) is 2. The second kappa shape index (κ2) is 12.9. The molecule has 13 heteroatoms. The Morgan fingerprint density at radius 3 is 2.77 bits per heavy atom. The first-order valence-electron chi connectivity index (χ1n) is 15.0. The first-order valence-corrected chi connectivity index (χ1v) is 15.0. The van der Waals surface area contributed by atoms with Crippen LogP contribution in [0.4, 0.5) is 0 Å². The molecule has 3 fully saturated rings. The van der Waals surface area contributed by atoms with Crippen LogP contribution < -0.4 is 5.32 Å². The van der Waals surface area contributed by atoms with Crippen molar-refractivity contribution in [2.75, 3.05) is 19.7 Å². The van der Waals surface area contributed by atoms with Crippen LogP contribution in [0.1, 0.15) is 39.5 Å². The summed E-state index contributed by atoms with van der Waals surface area (Å²) in [6.07, 6.45) is 3.68. The second-order valence-electron chi connectivity index (χ2n) is 11.8. The van der Waals surface area contributed by atoms with Crippen molar-refractivity contribution in [1.82, 2.24) is 30.1 Å². The summed E-state index contributed by atoms with van der Waals surface area (Å²) in [5.41, 5.74) is 0.145. The zero-order valence-corrected chi connectivity index (χ0v) is 25.1. The Hall–Kier alpha value is -4.10. The minimum absolute atomic E-state index is 0.0447. The Balaban J connectivity index is 1.40. The Morgan fingerprint density at radius 2 is 2.05 bits per heavy atom. The van der Waals surface area contributed by atoms with Crippen LogP contribution in [0.25, 0.3) is 11.0 Å². The predicted molar refractivity (Wildman–Crippen MR) is 158 cm³/mol. The van der Waals surface area contributed by atoms with Crippen molar-refractivity contribution in [3.8, 4) is 0 Å². The molecule has 0 aliphatic carbocycles. The summed E-state index contributed by atoms with van der Waals surface area (Å²) in [5.74, 6) is -3.49. The van der Waals surface area contributed by atoms with E-state index in [2.05, 4.69) is 28.8 Å². The normalized spacial score (nSPS) is 26.7. The fourth-order valence-corrected chi connectivity index (χ4v) is 6.83. The Bertz CT molecular complexity index is 1440. The van der Waals surface area contributed by atoms with Gasteiger partial charge in [-0.3, -0.25) is 19.2 Å². The van der Waals surface area contributed by atoms with E-state index in [1.807, 2.05) is 24.3 Å². The van der Waals surface area contributed by atoms with E-state index in [1.54, 1.807) is 30.7 Å². The smallest absolute Gasteiger partial charge is 0.312 e. The van der Waals surface area contributed by atoms with Crippen molar-refractivity contribution in [3.63, 3.8) is 0 Å². The molecule has 0 saturated carbocycles. The standard InChI is InChI=1S/C31H40N6O7/c1-5-7-12-24(39)32-16-20(4)43-30(42)25-23-13-14-31(44-23)26(25)28(40)37(19(3)17-38)27(31)29(41)35(15-6-2)18-36-22-11-9-8-10-21(22)33-34-36/h5-6,8-11,19-20,23,25-27,38H,1-2,7,12-18H2,3-4H3,(H,32,39)/t19-,20-,23-,25+,26+,27-,31+/m1/s1. The van der Waals surface area contributed by atoms with Gasteiger partial charge in [0, 0.05) is 13.0 Å². The van der Waals surface area contributed by atoms with Crippen molar-refractivity contribution < 1.29 is 33.8 Å². The molecule has 5 rings (SSSR count). The van der Waals surface area contributed by atoms with Crippen molar-refractivity contribution in [2.24, 2.45) is 11.8 Å². The third kappa shape index (κ3) is 5.50. The van der Waals surface area contributed by atoms with Gasteiger partial charge in [0.1, 0.15) is 29.9 Å². The zero-order valence-electron chi connectivity index (χ0n) is 25.1. The highest BCUT2D eigenvalue weighted by Gasteiger charge is 2.75. The number of hydrogen-bond acceptors (Lipinski definition) is 9. The molecule has 1 spiro atoms. The van der Waals surface area contributed by atoms with Gasteiger partial charge in [-0.25, -0.2) is 4.68 Å². The lowest BCUT2D eigenvalue weighted by Gasteiger charge is -2.38. The topological polar surface area (TPSA) is 156 Å². The van der Waals surface area contributed by atoms with Crippen molar-refractivity contribution >= 4 is 34.7 Å². The number of likely N-dealkylation sites (tertiary alicyclic amines) is 1. The molecular weight excluding hydrogens is 568 g/mol. The number of carbonyl (C=O) groups excluding carboxylic acids is 4. The molecule has 4 heterocycles. The van der Waals surface area contributed by atoms with Gasteiger partial charge in [0.25, 0.3) is 0 Å². The number of aromatic nitrogens is 3. The largest absolute Gasteiger partial charge is 0.460 e. The van der Waals surface area contributed by atoms with Gasteiger partial charge in [-0.2, -0.15) is 0 Å². The van der Waals surface area contributed by atoms with Gasteiger partial charge in [-0.1, -0.05) is 29.5 Å². The van der Waals surface area contributed by atoms with Crippen LogP contribution in [0.5, 0.6) is 0 Å². The monoisotopic (exact) mass is 608 g/mol. The van der Waals surface area contributed by atoms with E-state index in [9.17, 15) is 24.3 Å². The van der Waals surface area contributed by atoms with Crippen LogP contribution in [0, 0.1) is 11.8 Å². The van der Waals surface area contributed by atoms with Crippen LogP contribution in [-0.4, -0.2) is 103 Å². The van der Waals surface area contributed by atoms with Crippen molar-refractivity contribution in [2.45, 2.75) is 76.1 Å². The number of hydrogen-bond donors (Lipinski definition) is 2. The number of carbonyl (C=O) groups is 4. The van der Waals surface area contributed by atoms with Crippen LogP contribution in [0.2, 0.25) is 0 Å². The summed E-state index contributed by atoms with van der Waals surface area (Å²) in [4.78, 5) is 57.1. The molecule has 3 saturated heterocycles. The average molecular weight is 609 g/mol. The molecule has 2 N–H and O–H groups in total. The quantitative estimate of drug-likeness (QED) is 0.237. The van der Waals surface area contributed by atoms with Gasteiger partial charge >= 0.3 is 5.97 Å². The minimum atomic E-state index is -1.27. The second-order valence-corrected chi connectivity index (χ2v) is 11.8. The Labute approximate surface area is 255 Å². The van der Waals surface area contributed by atoms with Crippen molar-refractivity contribution in [1.29, 1.82) is 0 Å². The molecule has 2 bridgehead atoms. The third-order valence-corrected chi connectivity index (χ3v) is 8.85. The highest BCUT2D eigenvalue weighted by molar-refractivity contribution is 5.98. The molecule has 0 radical (unpaired) electrons. The van der Waals surface area contributed by atoms with Gasteiger partial charge in [0.2, 0.25) is 17.7 Å². The number of nitrogens with zero attached hydrogens (tertiary/aromatic N) is 5. The number of para-hydroxylation sites is 1. The summed E-state index contributed by atoms with van der Waals surface area (Å²) >= 11 is 0. The summed E-state index contributed by atoms with van der Waals surface area (Å²) in [6.45, 7) is 10.7. The molecule has 1 aromatic heterocycles. The number of benzene rings is 1. The molecule has 44 heavy (non-hydrogen) atoms. The minimum Gasteiger partial charge on any atom is -0.460 e. The molecule has 3 aliphatic rings. The van der Waals surface area contributed by atoms with Crippen molar-refractivity contribution in [3.05, 3.63) is 49.6 Å². The van der Waals surface area contributed by atoms with E-state index in [0.717, 1.165) is 5.52 Å². The molecular formula is C31H40N6O7. The molecule has 13 nitrogen and oxygen atoms in total. The molecule has 3 amide bonds. The first-order chi connectivity index (χ1) is 21.2. The lowest BCUT2D eigenvalue weighted by molar-refractivity contribution is -0.160. The number of rotatable bonds is 14. The SMILES string of the molecule is C=CCCC(=O)NC[C@@H](C)OC(=O)[C@@H]1[C@H]2C(=O)N([C@H](C)CO)[C@H](C(=O)N(CC=C)Cn3nnc4ccccc43)[C@]23CC[C@H]1O3. The summed E-state index contributed by atoms with van der Waals surface area (Å²) in [6, 6.07) is 5.59. The number of amides is 3. The number of fused-ring (bicyclic) bond motifs is 2. The van der Waals surface area contributed by atoms with Gasteiger partial charge in [-0.15, -0.1) is 18.3 Å². The van der Waals surface area contributed by atoms with Gasteiger partial charge < -0.3 is 29.7 Å². The van der Waals surface area contributed by atoms with Gasteiger partial charge in [-0.05, 0) is 45.2 Å². The van der Waals surface area contributed by atoms with E-state index in [1.165, 1.54) is 9.80 Å². The molecule has 1 aromatic carbocycles. The summed E-state index contributed by atoms with van der Waals surface area (Å²) in [7, 11) is 0. The maximum Gasteiger partial charge on any atom is 0.312 e. The lowest BCUT2D eigenvalue weighted by atomic mass is 9.70. The van der Waals surface area contributed by atoms with E-state index in [0.29, 0.717) is 24.8 Å².